The topological polar surface area (TPSA) is 64.3 Å². The number of benzene rings is 2. The highest BCUT2D eigenvalue weighted by molar-refractivity contribution is 5.75. The van der Waals surface area contributed by atoms with Crippen molar-refractivity contribution in [2.75, 3.05) is 13.2 Å². The lowest BCUT2D eigenvalue weighted by Gasteiger charge is -2.13. The van der Waals surface area contributed by atoms with Crippen LogP contribution in [0.4, 0.5) is 0 Å². The summed E-state index contributed by atoms with van der Waals surface area (Å²) >= 11 is 0. The van der Waals surface area contributed by atoms with Crippen LogP contribution in [0.5, 0.6) is 5.75 Å². The average Bonchev–Trinajstić information content (AvgIpc) is 2.60. The van der Waals surface area contributed by atoms with Crippen LogP contribution in [0.3, 0.4) is 0 Å². The maximum absolute atomic E-state index is 11.9. The molecule has 0 aromatic heterocycles. The van der Waals surface area contributed by atoms with E-state index in [4.69, 9.17) is 10.5 Å². The van der Waals surface area contributed by atoms with Crippen molar-refractivity contribution in [3.8, 4) is 5.75 Å². The molecule has 0 spiro atoms. The van der Waals surface area contributed by atoms with Crippen LogP contribution < -0.4 is 15.8 Å². The third kappa shape index (κ3) is 5.70. The van der Waals surface area contributed by atoms with E-state index in [2.05, 4.69) is 19.2 Å². The van der Waals surface area contributed by atoms with E-state index < -0.39 is 0 Å². The average molecular weight is 326 g/mol. The van der Waals surface area contributed by atoms with Gasteiger partial charge in [0.25, 0.3) is 0 Å². The van der Waals surface area contributed by atoms with Gasteiger partial charge in [-0.1, -0.05) is 36.4 Å². The molecule has 1 amide bonds. The van der Waals surface area contributed by atoms with Crippen molar-refractivity contribution in [3.63, 3.8) is 0 Å². The zero-order valence-electron chi connectivity index (χ0n) is 14.4. The minimum absolute atomic E-state index is 0.00469. The van der Waals surface area contributed by atoms with E-state index in [0.29, 0.717) is 26.0 Å². The number of nitrogens with two attached hydrogens (primary N) is 1. The molecule has 0 fully saturated rings. The second kappa shape index (κ2) is 9.08. The van der Waals surface area contributed by atoms with Crippen LogP contribution in [0.15, 0.2) is 48.5 Å². The van der Waals surface area contributed by atoms with E-state index >= 15 is 0 Å². The van der Waals surface area contributed by atoms with Gasteiger partial charge in [0, 0.05) is 19.0 Å². The van der Waals surface area contributed by atoms with Crippen LogP contribution in [-0.4, -0.2) is 19.1 Å². The summed E-state index contributed by atoms with van der Waals surface area (Å²) in [7, 11) is 0. The van der Waals surface area contributed by atoms with Crippen LogP contribution in [0.25, 0.3) is 0 Å². The van der Waals surface area contributed by atoms with Crippen molar-refractivity contribution in [3.05, 3.63) is 65.2 Å². The van der Waals surface area contributed by atoms with Crippen molar-refractivity contribution < 1.29 is 9.53 Å². The first-order chi connectivity index (χ1) is 11.6. The molecule has 0 heterocycles. The Kier molecular flexibility index (Phi) is 6.82. The molecule has 1 unspecified atom stereocenters. The summed E-state index contributed by atoms with van der Waals surface area (Å²) in [4.78, 5) is 11.9. The molecule has 4 nitrogen and oxygen atoms in total. The molecule has 3 N–H and O–H groups in total. The van der Waals surface area contributed by atoms with Gasteiger partial charge < -0.3 is 15.8 Å². The Morgan fingerprint density at radius 1 is 1.12 bits per heavy atom. The van der Waals surface area contributed by atoms with Crippen LogP contribution in [0.1, 0.15) is 35.6 Å². The highest BCUT2D eigenvalue weighted by atomic mass is 16.5. The molecule has 4 heteroatoms. The van der Waals surface area contributed by atoms with Gasteiger partial charge in [0.05, 0.1) is 6.61 Å². The predicted molar refractivity (Wildman–Crippen MR) is 97.0 cm³/mol. The molecule has 0 aliphatic heterocycles. The Morgan fingerprint density at radius 2 is 1.88 bits per heavy atom. The fraction of sp³-hybridized carbons (Fsp3) is 0.350. The number of rotatable bonds is 8. The molecule has 0 aliphatic carbocycles. The molecule has 2 aromatic carbocycles. The Balaban J connectivity index is 1.63. The molecule has 0 aliphatic rings. The molecule has 0 bridgehead atoms. The monoisotopic (exact) mass is 326 g/mol. The van der Waals surface area contributed by atoms with E-state index in [1.807, 2.05) is 48.5 Å². The highest BCUT2D eigenvalue weighted by Crippen LogP contribution is 2.16. The Hall–Kier alpha value is -2.33. The van der Waals surface area contributed by atoms with Gasteiger partial charge in [-0.25, -0.2) is 0 Å². The molecule has 0 radical (unpaired) electrons. The fourth-order valence-electron chi connectivity index (χ4n) is 2.36. The molecular formula is C20H26N2O2. The van der Waals surface area contributed by atoms with Crippen LogP contribution in [0.2, 0.25) is 0 Å². The van der Waals surface area contributed by atoms with E-state index in [-0.39, 0.29) is 11.9 Å². The lowest BCUT2D eigenvalue weighted by molar-refractivity contribution is -0.121. The molecule has 2 aromatic rings. The number of carbonyl (C=O) groups is 1. The number of amides is 1. The number of carbonyl (C=O) groups excluding carboxylic acids is 1. The van der Waals surface area contributed by atoms with Crippen LogP contribution in [0, 0.1) is 13.8 Å². The summed E-state index contributed by atoms with van der Waals surface area (Å²) in [6, 6.07) is 15.6. The summed E-state index contributed by atoms with van der Waals surface area (Å²) < 4.78 is 5.68. The zero-order chi connectivity index (χ0) is 17.4. The van der Waals surface area contributed by atoms with Gasteiger partial charge in [-0.05, 0) is 49.1 Å². The van der Waals surface area contributed by atoms with Gasteiger partial charge in [-0.15, -0.1) is 0 Å². The minimum atomic E-state index is -0.179. The second-order valence-electron chi connectivity index (χ2n) is 6.02. The fourth-order valence-corrected chi connectivity index (χ4v) is 2.36. The van der Waals surface area contributed by atoms with E-state index in [1.165, 1.54) is 11.1 Å². The predicted octanol–water partition coefficient (Wildman–Crippen LogP) is 3.28. The molecule has 0 saturated heterocycles. The van der Waals surface area contributed by atoms with Gasteiger partial charge in [0.2, 0.25) is 5.91 Å². The number of hydrogen-bond acceptors (Lipinski definition) is 3. The van der Waals surface area contributed by atoms with Crippen molar-refractivity contribution in [1.29, 1.82) is 0 Å². The highest BCUT2D eigenvalue weighted by Gasteiger charge is 2.07. The number of ether oxygens (including phenoxy) is 1. The van der Waals surface area contributed by atoms with Gasteiger partial charge in [-0.2, -0.15) is 0 Å². The SMILES string of the molecule is Cc1ccc(OCCCC(=O)NCC(N)c2ccccc2)cc1C. The van der Waals surface area contributed by atoms with E-state index in [0.717, 1.165) is 11.3 Å². The van der Waals surface area contributed by atoms with Gasteiger partial charge in [0.15, 0.2) is 0 Å². The molecule has 128 valence electrons. The molecular weight excluding hydrogens is 300 g/mol. The van der Waals surface area contributed by atoms with Gasteiger partial charge >= 0.3 is 0 Å². The maximum Gasteiger partial charge on any atom is 0.220 e. The van der Waals surface area contributed by atoms with E-state index in [1.54, 1.807) is 0 Å². The second-order valence-corrected chi connectivity index (χ2v) is 6.02. The van der Waals surface area contributed by atoms with Crippen molar-refractivity contribution in [2.24, 2.45) is 5.73 Å². The standard InChI is InChI=1S/C20H26N2O2/c1-15-10-11-18(13-16(15)2)24-12-6-9-20(23)22-14-19(21)17-7-4-3-5-8-17/h3-5,7-8,10-11,13,19H,6,9,12,14,21H2,1-2H3,(H,22,23). The third-order valence-electron chi connectivity index (χ3n) is 4.04. The normalized spacial score (nSPS) is 11.8. The number of nitrogens with one attached hydrogen (secondary N) is 1. The third-order valence-corrected chi connectivity index (χ3v) is 4.04. The molecule has 24 heavy (non-hydrogen) atoms. The first kappa shape index (κ1) is 18.0. The minimum Gasteiger partial charge on any atom is -0.494 e. The Morgan fingerprint density at radius 3 is 2.58 bits per heavy atom. The molecule has 2 rings (SSSR count). The zero-order valence-corrected chi connectivity index (χ0v) is 14.4. The first-order valence-corrected chi connectivity index (χ1v) is 8.33. The summed E-state index contributed by atoms with van der Waals surface area (Å²) in [5.74, 6) is 0.856. The van der Waals surface area contributed by atoms with Crippen molar-refractivity contribution in [2.45, 2.75) is 32.7 Å². The van der Waals surface area contributed by atoms with Crippen LogP contribution >= 0.6 is 0 Å². The summed E-state index contributed by atoms with van der Waals surface area (Å²) in [5, 5.41) is 2.88. The smallest absolute Gasteiger partial charge is 0.220 e. The van der Waals surface area contributed by atoms with Crippen molar-refractivity contribution >= 4 is 5.91 Å². The van der Waals surface area contributed by atoms with E-state index in [9.17, 15) is 4.79 Å². The lowest BCUT2D eigenvalue weighted by Crippen LogP contribution is -2.31. The quantitative estimate of drug-likeness (QED) is 0.732. The lowest BCUT2D eigenvalue weighted by atomic mass is 10.1. The maximum atomic E-state index is 11.9. The summed E-state index contributed by atoms with van der Waals surface area (Å²) in [6.07, 6.45) is 1.12. The Bertz CT molecular complexity index is 656. The van der Waals surface area contributed by atoms with Crippen LogP contribution in [-0.2, 0) is 4.79 Å². The Labute approximate surface area is 144 Å². The number of aryl methyl sites for hydroxylation is 2. The largest absolute Gasteiger partial charge is 0.494 e. The van der Waals surface area contributed by atoms with Gasteiger partial charge in [-0.3, -0.25) is 4.79 Å². The number of hydrogen-bond donors (Lipinski definition) is 2. The summed E-state index contributed by atoms with van der Waals surface area (Å²) in [5.41, 5.74) is 9.54. The summed E-state index contributed by atoms with van der Waals surface area (Å²) in [6.45, 7) is 5.11. The molecule has 0 saturated carbocycles. The van der Waals surface area contributed by atoms with Crippen molar-refractivity contribution in [1.82, 2.24) is 5.32 Å². The van der Waals surface area contributed by atoms with Gasteiger partial charge in [0.1, 0.15) is 5.75 Å². The first-order valence-electron chi connectivity index (χ1n) is 8.33. The molecule has 1 atom stereocenters.